The Bertz CT molecular complexity index is 563. The molecule has 1 aromatic carbocycles. The molecule has 0 amide bonds. The van der Waals surface area contributed by atoms with Crippen LogP contribution in [0.15, 0.2) is 23.3 Å². The summed E-state index contributed by atoms with van der Waals surface area (Å²) in [5.41, 5.74) is 3.98. The molecule has 0 saturated carbocycles. The van der Waals surface area contributed by atoms with Crippen molar-refractivity contribution in [1.82, 2.24) is 0 Å². The summed E-state index contributed by atoms with van der Waals surface area (Å²) in [4.78, 5) is 11.3. The molecule has 0 heterocycles. The highest BCUT2D eigenvalue weighted by Gasteiger charge is 2.07. The van der Waals surface area contributed by atoms with Crippen LogP contribution in [0.1, 0.15) is 15.9 Å². The maximum absolute atomic E-state index is 11.3. The average Bonchev–Trinajstić information content (AvgIpc) is 2.40. The van der Waals surface area contributed by atoms with Crippen LogP contribution >= 0.6 is 0 Å². The molecule has 1 aromatic rings. The summed E-state index contributed by atoms with van der Waals surface area (Å²) >= 11 is 0. The second-order valence-corrected chi connectivity index (χ2v) is 3.32. The second-order valence-electron chi connectivity index (χ2n) is 3.32. The number of methoxy groups -OCH3 is 1. The van der Waals surface area contributed by atoms with E-state index in [4.69, 9.17) is 10.5 Å². The fraction of sp³-hybridized carbons (Fsp3) is 0.167. The number of aryl methyl sites for hydroxylation is 1. The van der Waals surface area contributed by atoms with Gasteiger partial charge in [-0.15, -0.1) is 0 Å². The highest BCUT2D eigenvalue weighted by molar-refractivity contribution is 6.10. The summed E-state index contributed by atoms with van der Waals surface area (Å²) in [6.07, 6.45) is 0. The van der Waals surface area contributed by atoms with E-state index in [1.807, 2.05) is 0 Å². The fourth-order valence-electron chi connectivity index (χ4n) is 1.18. The molecule has 0 aliphatic heterocycles. The van der Waals surface area contributed by atoms with Crippen molar-refractivity contribution in [2.45, 2.75) is 6.92 Å². The topological polar surface area (TPSA) is 98.3 Å². The molecule has 90 valence electrons. The number of nitrogens with one attached hydrogen (secondary N) is 1. The first-order valence-electron chi connectivity index (χ1n) is 4.95. The van der Waals surface area contributed by atoms with Crippen molar-refractivity contribution in [3.8, 4) is 12.1 Å². The minimum atomic E-state index is -0.470. The van der Waals surface area contributed by atoms with E-state index in [0.29, 0.717) is 11.3 Å². The van der Waals surface area contributed by atoms with E-state index < -0.39 is 5.97 Å². The van der Waals surface area contributed by atoms with Crippen molar-refractivity contribution in [2.75, 3.05) is 12.5 Å². The third kappa shape index (κ3) is 3.06. The lowest BCUT2D eigenvalue weighted by molar-refractivity contribution is 0.0601. The molecule has 0 bridgehead atoms. The highest BCUT2D eigenvalue weighted by atomic mass is 16.5. The van der Waals surface area contributed by atoms with Crippen molar-refractivity contribution in [3.63, 3.8) is 0 Å². The zero-order valence-corrected chi connectivity index (χ0v) is 9.89. The van der Waals surface area contributed by atoms with Gasteiger partial charge in [-0.3, -0.25) is 5.43 Å². The standard InChI is InChI=1S/C12H10N4O2/c1-8-3-4-9(12(17)18-2)5-11(8)16-15-10(6-13)7-14/h3-5,16H,1-2H3. The Balaban J connectivity index is 3.03. The van der Waals surface area contributed by atoms with Gasteiger partial charge in [-0.05, 0) is 24.6 Å². The van der Waals surface area contributed by atoms with Gasteiger partial charge in [0, 0.05) is 0 Å². The van der Waals surface area contributed by atoms with Gasteiger partial charge in [0.2, 0.25) is 5.71 Å². The van der Waals surface area contributed by atoms with E-state index in [0.717, 1.165) is 5.56 Å². The maximum Gasteiger partial charge on any atom is 0.337 e. The normalized spacial score (nSPS) is 8.67. The van der Waals surface area contributed by atoms with Gasteiger partial charge >= 0.3 is 5.97 Å². The molecule has 0 saturated heterocycles. The van der Waals surface area contributed by atoms with Gasteiger partial charge in [-0.1, -0.05) is 6.07 Å². The minimum Gasteiger partial charge on any atom is -0.465 e. The van der Waals surface area contributed by atoms with E-state index in [1.165, 1.54) is 13.2 Å². The van der Waals surface area contributed by atoms with Gasteiger partial charge in [-0.25, -0.2) is 4.79 Å². The van der Waals surface area contributed by atoms with Gasteiger partial charge < -0.3 is 4.74 Å². The lowest BCUT2D eigenvalue weighted by Crippen LogP contribution is -2.03. The lowest BCUT2D eigenvalue weighted by Gasteiger charge is -2.06. The van der Waals surface area contributed by atoms with Crippen molar-refractivity contribution in [3.05, 3.63) is 29.3 Å². The first-order valence-corrected chi connectivity index (χ1v) is 4.95. The third-order valence-corrected chi connectivity index (χ3v) is 2.16. The molecule has 0 unspecified atom stereocenters. The van der Waals surface area contributed by atoms with Crippen LogP contribution < -0.4 is 5.43 Å². The number of esters is 1. The lowest BCUT2D eigenvalue weighted by atomic mass is 10.1. The van der Waals surface area contributed by atoms with Crippen LogP contribution in [0.4, 0.5) is 5.69 Å². The molecule has 0 aliphatic rings. The van der Waals surface area contributed by atoms with Crippen LogP contribution in [-0.2, 0) is 4.74 Å². The number of benzene rings is 1. The van der Waals surface area contributed by atoms with E-state index in [1.54, 1.807) is 31.2 Å². The van der Waals surface area contributed by atoms with Gasteiger partial charge in [0.25, 0.3) is 0 Å². The Labute approximate surface area is 104 Å². The maximum atomic E-state index is 11.3. The number of hydrogen-bond donors (Lipinski definition) is 1. The summed E-state index contributed by atoms with van der Waals surface area (Å²) in [7, 11) is 1.29. The number of hydrogen-bond acceptors (Lipinski definition) is 6. The Morgan fingerprint density at radius 3 is 2.61 bits per heavy atom. The van der Waals surface area contributed by atoms with Gasteiger partial charge in [0.1, 0.15) is 12.1 Å². The van der Waals surface area contributed by atoms with E-state index in [2.05, 4.69) is 15.3 Å². The number of rotatable bonds is 3. The Kier molecular flexibility index (Phi) is 4.42. The summed E-state index contributed by atoms with van der Waals surface area (Å²) in [6, 6.07) is 8.12. The molecule has 18 heavy (non-hydrogen) atoms. The van der Waals surface area contributed by atoms with Crippen molar-refractivity contribution in [2.24, 2.45) is 5.10 Å². The molecule has 0 spiro atoms. The summed E-state index contributed by atoms with van der Waals surface area (Å²) in [5, 5.41) is 20.7. The molecule has 0 radical (unpaired) electrons. The minimum absolute atomic E-state index is 0.294. The third-order valence-electron chi connectivity index (χ3n) is 2.16. The van der Waals surface area contributed by atoms with Crippen LogP contribution in [0.25, 0.3) is 0 Å². The molecule has 6 heteroatoms. The molecular weight excluding hydrogens is 232 g/mol. The van der Waals surface area contributed by atoms with E-state index in [9.17, 15) is 4.79 Å². The molecule has 0 fully saturated rings. The second kappa shape index (κ2) is 6.02. The van der Waals surface area contributed by atoms with E-state index >= 15 is 0 Å². The number of nitrogens with zero attached hydrogens (tertiary/aromatic N) is 3. The molecular formula is C12H10N4O2. The monoisotopic (exact) mass is 242 g/mol. The summed E-state index contributed by atoms with van der Waals surface area (Å²) in [6.45, 7) is 1.80. The average molecular weight is 242 g/mol. The first-order chi connectivity index (χ1) is 8.62. The highest BCUT2D eigenvalue weighted by Crippen LogP contribution is 2.17. The number of anilines is 1. The van der Waals surface area contributed by atoms with E-state index in [-0.39, 0.29) is 5.71 Å². The van der Waals surface area contributed by atoms with Crippen LogP contribution in [0, 0.1) is 29.6 Å². The van der Waals surface area contributed by atoms with Crippen LogP contribution in [-0.4, -0.2) is 18.8 Å². The van der Waals surface area contributed by atoms with Crippen molar-refractivity contribution < 1.29 is 9.53 Å². The molecule has 1 rings (SSSR count). The predicted octanol–water partition coefficient (Wildman–Crippen LogP) is 1.60. The SMILES string of the molecule is COC(=O)c1ccc(C)c(NN=C(C#N)C#N)c1. The van der Waals surface area contributed by atoms with Crippen molar-refractivity contribution in [1.29, 1.82) is 10.5 Å². The Hall–Kier alpha value is -2.86. The van der Waals surface area contributed by atoms with Crippen LogP contribution in [0.5, 0.6) is 0 Å². The van der Waals surface area contributed by atoms with Gasteiger partial charge in [0.05, 0.1) is 18.4 Å². The quantitative estimate of drug-likeness (QED) is 0.493. The Morgan fingerprint density at radius 2 is 2.06 bits per heavy atom. The summed E-state index contributed by atoms with van der Waals surface area (Å²) < 4.78 is 4.59. The molecule has 6 nitrogen and oxygen atoms in total. The molecule has 0 aliphatic carbocycles. The van der Waals surface area contributed by atoms with Crippen LogP contribution in [0.3, 0.4) is 0 Å². The number of hydrazone groups is 1. The number of ether oxygens (including phenoxy) is 1. The number of carbonyl (C=O) groups is 1. The van der Waals surface area contributed by atoms with Gasteiger partial charge in [-0.2, -0.15) is 15.6 Å². The zero-order chi connectivity index (χ0) is 13.5. The Morgan fingerprint density at radius 1 is 1.39 bits per heavy atom. The number of carbonyl (C=O) groups excluding carboxylic acids is 1. The fourth-order valence-corrected chi connectivity index (χ4v) is 1.18. The first kappa shape index (κ1) is 13.2. The largest absolute Gasteiger partial charge is 0.465 e. The van der Waals surface area contributed by atoms with Gasteiger partial charge in [0.15, 0.2) is 0 Å². The molecule has 0 atom stereocenters. The predicted molar refractivity (Wildman–Crippen MR) is 64.8 cm³/mol. The molecule has 1 N–H and O–H groups in total. The zero-order valence-electron chi connectivity index (χ0n) is 9.89. The molecule has 0 aromatic heterocycles. The number of nitriles is 2. The summed E-state index contributed by atoms with van der Waals surface area (Å²) in [5.74, 6) is -0.470. The smallest absolute Gasteiger partial charge is 0.337 e. The van der Waals surface area contributed by atoms with Crippen LogP contribution in [0.2, 0.25) is 0 Å². The van der Waals surface area contributed by atoms with Crippen molar-refractivity contribution >= 4 is 17.4 Å².